The maximum Gasteiger partial charge on any atom is 0.306 e. The van der Waals surface area contributed by atoms with Crippen molar-refractivity contribution in [2.45, 2.75) is 120 Å². The number of hydrogen-bond donors (Lipinski definition) is 0. The van der Waals surface area contributed by atoms with Gasteiger partial charge >= 0.3 is 11.9 Å². The summed E-state index contributed by atoms with van der Waals surface area (Å²) in [6.45, 7) is 8.39. The van der Waals surface area contributed by atoms with Crippen molar-refractivity contribution in [3.63, 3.8) is 0 Å². The number of carbonyl (C=O) groups is 2. The van der Waals surface area contributed by atoms with Crippen LogP contribution in [0, 0.1) is 0 Å². The summed E-state index contributed by atoms with van der Waals surface area (Å²) >= 11 is 0. The van der Waals surface area contributed by atoms with Gasteiger partial charge in [0, 0.05) is 41.3 Å². The molecular formula is C25H44O5S4. The van der Waals surface area contributed by atoms with Gasteiger partial charge in [-0.15, -0.1) is 0 Å². The molecule has 0 aromatic heterocycles. The van der Waals surface area contributed by atoms with Crippen molar-refractivity contribution in [1.29, 1.82) is 0 Å². The fourth-order valence-electron chi connectivity index (χ4n) is 3.72. The van der Waals surface area contributed by atoms with Crippen molar-refractivity contribution >= 4 is 55.1 Å². The largest absolute Gasteiger partial charge is 0.466 e. The van der Waals surface area contributed by atoms with Gasteiger partial charge in [-0.25, -0.2) is 0 Å². The van der Waals surface area contributed by atoms with Gasteiger partial charge in [0.25, 0.3) is 0 Å². The van der Waals surface area contributed by atoms with Gasteiger partial charge in [-0.1, -0.05) is 56.0 Å². The molecule has 0 aliphatic carbocycles. The zero-order chi connectivity index (χ0) is 24.9. The molecule has 0 bridgehead atoms. The first kappa shape index (κ1) is 30.5. The number of unbranched alkanes of at least 4 members (excludes halogenated alkanes) is 2. The smallest absolute Gasteiger partial charge is 0.306 e. The molecule has 2 unspecified atom stereocenters. The van der Waals surface area contributed by atoms with Gasteiger partial charge in [0.05, 0.1) is 18.8 Å². The Labute approximate surface area is 222 Å². The van der Waals surface area contributed by atoms with Gasteiger partial charge in [-0.3, -0.25) is 9.59 Å². The van der Waals surface area contributed by atoms with Gasteiger partial charge < -0.3 is 14.2 Å². The Morgan fingerprint density at radius 1 is 0.794 bits per heavy atom. The number of rotatable bonds is 17. The Balaban J connectivity index is 1.50. The predicted octanol–water partition coefficient (Wildman–Crippen LogP) is 7.46. The minimum absolute atomic E-state index is 0.121. The fraction of sp³-hybridized carbons (Fsp3) is 0.920. The normalized spacial score (nSPS) is 21.1. The molecule has 0 radical (unpaired) electrons. The van der Waals surface area contributed by atoms with E-state index in [0.717, 1.165) is 36.2 Å². The van der Waals surface area contributed by atoms with Gasteiger partial charge in [-0.2, -0.15) is 0 Å². The molecule has 0 aromatic rings. The molecule has 198 valence electrons. The summed E-state index contributed by atoms with van der Waals surface area (Å²) in [6.07, 6.45) is 10.5. The average Bonchev–Trinajstić information content (AvgIpc) is 3.47. The minimum atomic E-state index is -0.681. The van der Waals surface area contributed by atoms with Crippen molar-refractivity contribution in [2.24, 2.45) is 0 Å². The molecular weight excluding hydrogens is 509 g/mol. The Morgan fingerprint density at radius 2 is 1.35 bits per heavy atom. The van der Waals surface area contributed by atoms with Crippen molar-refractivity contribution in [1.82, 2.24) is 0 Å². The second-order valence-corrected chi connectivity index (χ2v) is 16.0. The lowest BCUT2D eigenvalue weighted by molar-refractivity contribution is -0.170. The molecule has 0 saturated carbocycles. The van der Waals surface area contributed by atoms with Crippen LogP contribution in [0.1, 0.15) is 98.3 Å². The summed E-state index contributed by atoms with van der Waals surface area (Å²) in [5.41, 5.74) is -1.14. The highest BCUT2D eigenvalue weighted by molar-refractivity contribution is 8.77. The molecule has 2 rings (SSSR count). The first-order valence-corrected chi connectivity index (χ1v) is 17.5. The maximum absolute atomic E-state index is 12.3. The number of esters is 2. The lowest BCUT2D eigenvalue weighted by Gasteiger charge is -2.31. The highest BCUT2D eigenvalue weighted by Crippen LogP contribution is 2.40. The van der Waals surface area contributed by atoms with Crippen molar-refractivity contribution in [3.8, 4) is 0 Å². The van der Waals surface area contributed by atoms with E-state index < -0.39 is 11.2 Å². The Morgan fingerprint density at radius 3 is 1.88 bits per heavy atom. The van der Waals surface area contributed by atoms with E-state index >= 15 is 0 Å². The van der Waals surface area contributed by atoms with Crippen LogP contribution >= 0.6 is 43.2 Å². The molecule has 2 fully saturated rings. The SMILES string of the molecule is CC(C)(CCOC(=O)CCCCC1CCSS1)OCC(C)(C)OC(=O)CCCCC1CCSS1. The van der Waals surface area contributed by atoms with Gasteiger partial charge in [0.2, 0.25) is 0 Å². The quantitative estimate of drug-likeness (QED) is 0.104. The van der Waals surface area contributed by atoms with Crippen LogP contribution in [-0.4, -0.2) is 58.4 Å². The van der Waals surface area contributed by atoms with E-state index in [1.165, 1.54) is 37.2 Å². The number of carbonyl (C=O) groups excluding carboxylic acids is 2. The van der Waals surface area contributed by atoms with Crippen LogP contribution in [0.4, 0.5) is 0 Å². The number of hydrogen-bond acceptors (Lipinski definition) is 9. The van der Waals surface area contributed by atoms with E-state index in [1.54, 1.807) is 0 Å². The van der Waals surface area contributed by atoms with E-state index in [4.69, 9.17) is 14.2 Å². The highest BCUT2D eigenvalue weighted by Gasteiger charge is 2.28. The van der Waals surface area contributed by atoms with E-state index in [2.05, 4.69) is 0 Å². The summed E-state index contributed by atoms with van der Waals surface area (Å²) in [6, 6.07) is 0. The highest BCUT2D eigenvalue weighted by atomic mass is 33.1. The summed E-state index contributed by atoms with van der Waals surface area (Å²) < 4.78 is 17.1. The predicted molar refractivity (Wildman–Crippen MR) is 150 cm³/mol. The summed E-state index contributed by atoms with van der Waals surface area (Å²) in [7, 11) is 7.91. The minimum Gasteiger partial charge on any atom is -0.466 e. The molecule has 2 heterocycles. The van der Waals surface area contributed by atoms with Crippen molar-refractivity contribution in [2.75, 3.05) is 24.7 Å². The van der Waals surface area contributed by atoms with Crippen LogP contribution in [0.25, 0.3) is 0 Å². The monoisotopic (exact) mass is 552 g/mol. The van der Waals surface area contributed by atoms with E-state index in [-0.39, 0.29) is 11.9 Å². The lowest BCUT2D eigenvalue weighted by atomic mass is 10.0. The standard InChI is InChI=1S/C25H44O5S4/c1-24(2,15-16-28-22(26)11-7-5-9-20-13-17-31-33-20)29-19-25(3,4)30-23(27)12-8-6-10-21-14-18-32-34-21/h20-21H,5-19H2,1-4H3. The Hall–Kier alpha value is 0.300. The van der Waals surface area contributed by atoms with Crippen LogP contribution in [-0.2, 0) is 23.8 Å². The fourth-order valence-corrected chi connectivity index (χ4v) is 9.78. The van der Waals surface area contributed by atoms with Crippen LogP contribution in [0.3, 0.4) is 0 Å². The van der Waals surface area contributed by atoms with Crippen LogP contribution in [0.15, 0.2) is 0 Å². The molecule has 9 heteroatoms. The molecule has 2 aliphatic rings. The number of ether oxygens (including phenoxy) is 3. The Bertz CT molecular complexity index is 602. The van der Waals surface area contributed by atoms with Crippen molar-refractivity contribution < 1.29 is 23.8 Å². The zero-order valence-electron chi connectivity index (χ0n) is 21.4. The summed E-state index contributed by atoms with van der Waals surface area (Å²) in [5, 5.41) is 1.52. The van der Waals surface area contributed by atoms with Crippen molar-refractivity contribution in [3.05, 3.63) is 0 Å². The molecule has 34 heavy (non-hydrogen) atoms. The Kier molecular flexibility index (Phi) is 14.5. The van der Waals surface area contributed by atoms with Crippen LogP contribution < -0.4 is 0 Å². The first-order chi connectivity index (χ1) is 16.2. The molecule has 2 saturated heterocycles. The molecule has 0 amide bonds. The lowest BCUT2D eigenvalue weighted by Crippen LogP contribution is -2.38. The van der Waals surface area contributed by atoms with E-state index in [0.29, 0.717) is 32.5 Å². The zero-order valence-corrected chi connectivity index (χ0v) is 24.7. The second kappa shape index (κ2) is 16.2. The summed E-state index contributed by atoms with van der Waals surface area (Å²) in [4.78, 5) is 24.3. The average molecular weight is 553 g/mol. The first-order valence-electron chi connectivity index (χ1n) is 12.7. The van der Waals surface area contributed by atoms with Gasteiger partial charge in [0.1, 0.15) is 5.60 Å². The molecule has 0 N–H and O–H groups in total. The third-order valence-electron chi connectivity index (χ3n) is 5.94. The third-order valence-corrected chi connectivity index (χ3v) is 11.9. The third kappa shape index (κ3) is 14.1. The summed E-state index contributed by atoms with van der Waals surface area (Å²) in [5.74, 6) is 2.24. The second-order valence-electron chi connectivity index (χ2n) is 10.4. The van der Waals surface area contributed by atoms with Crippen LogP contribution in [0.5, 0.6) is 0 Å². The maximum atomic E-state index is 12.3. The molecule has 2 atom stereocenters. The topological polar surface area (TPSA) is 61.8 Å². The van der Waals surface area contributed by atoms with Gasteiger partial charge in [-0.05, 0) is 66.2 Å². The van der Waals surface area contributed by atoms with Crippen LogP contribution in [0.2, 0.25) is 0 Å². The molecule has 2 aliphatic heterocycles. The molecule has 5 nitrogen and oxygen atoms in total. The van der Waals surface area contributed by atoms with Gasteiger partial charge in [0.15, 0.2) is 0 Å². The van der Waals surface area contributed by atoms with E-state index in [9.17, 15) is 9.59 Å². The molecule has 0 spiro atoms. The molecule has 0 aromatic carbocycles. The van der Waals surface area contributed by atoms with E-state index in [1.807, 2.05) is 70.9 Å².